The fourth-order valence-electron chi connectivity index (χ4n) is 4.19. The van der Waals surface area contributed by atoms with E-state index in [0.717, 1.165) is 31.6 Å². The van der Waals surface area contributed by atoms with Crippen LogP contribution in [0.25, 0.3) is 0 Å². The molecule has 1 aromatic carbocycles. The number of unbranched alkanes of at least 4 members (excludes halogenated alkanes) is 1. The molecule has 149 valence electrons. The molecule has 28 heavy (non-hydrogen) atoms. The molecule has 4 heteroatoms. The van der Waals surface area contributed by atoms with Crippen LogP contribution in [0.3, 0.4) is 0 Å². The minimum Gasteiger partial charge on any atom is -0.384 e. The van der Waals surface area contributed by atoms with Gasteiger partial charge in [0.25, 0.3) is 0 Å². The molecule has 0 aliphatic heterocycles. The SMILES string of the molecule is Cc1cc(N)nc(C[C@@H]2CCC[C@@H]2OCCCC[C-](C)c2ccccc2)c1.[Y]. The summed E-state index contributed by atoms with van der Waals surface area (Å²) in [7, 11) is 0. The van der Waals surface area contributed by atoms with Gasteiger partial charge in [0, 0.05) is 45.0 Å². The van der Waals surface area contributed by atoms with Crippen LogP contribution in [0.1, 0.15) is 62.3 Å². The van der Waals surface area contributed by atoms with Gasteiger partial charge in [-0.05, 0) is 56.2 Å². The zero-order chi connectivity index (χ0) is 19.1. The summed E-state index contributed by atoms with van der Waals surface area (Å²) in [6, 6.07) is 14.8. The van der Waals surface area contributed by atoms with Crippen LogP contribution in [0.15, 0.2) is 42.5 Å². The molecular formula is C24H33N2OY-. The third-order valence-electron chi connectivity index (χ3n) is 5.65. The van der Waals surface area contributed by atoms with Gasteiger partial charge in [0.05, 0.1) is 6.10 Å². The summed E-state index contributed by atoms with van der Waals surface area (Å²) in [6.45, 7) is 5.19. The van der Waals surface area contributed by atoms with Crippen LogP contribution in [0.5, 0.6) is 0 Å². The first-order valence-electron chi connectivity index (χ1n) is 10.3. The van der Waals surface area contributed by atoms with E-state index in [2.05, 4.69) is 55.2 Å². The maximum atomic E-state index is 6.27. The zero-order valence-electron chi connectivity index (χ0n) is 17.4. The number of pyridine rings is 1. The predicted octanol–water partition coefficient (Wildman–Crippen LogP) is 5.51. The number of aryl methyl sites for hydroxylation is 1. The smallest absolute Gasteiger partial charge is 0.123 e. The molecule has 1 saturated carbocycles. The molecule has 3 rings (SSSR count). The zero-order valence-corrected chi connectivity index (χ0v) is 20.2. The second-order valence-corrected chi connectivity index (χ2v) is 7.97. The number of nitrogens with two attached hydrogens (primary N) is 1. The van der Waals surface area contributed by atoms with Crippen molar-refractivity contribution in [3.63, 3.8) is 0 Å². The molecule has 2 atom stereocenters. The molecular weight excluding hydrogens is 421 g/mol. The van der Waals surface area contributed by atoms with Crippen molar-refractivity contribution in [2.45, 2.75) is 64.9 Å². The third kappa shape index (κ3) is 7.17. The average molecular weight is 454 g/mol. The largest absolute Gasteiger partial charge is 0.384 e. The van der Waals surface area contributed by atoms with Gasteiger partial charge in [0.1, 0.15) is 5.82 Å². The second-order valence-electron chi connectivity index (χ2n) is 7.97. The summed E-state index contributed by atoms with van der Waals surface area (Å²) in [6.07, 6.45) is 8.51. The van der Waals surface area contributed by atoms with E-state index in [1.165, 1.54) is 42.7 Å². The predicted molar refractivity (Wildman–Crippen MR) is 112 cm³/mol. The Labute approximate surface area is 195 Å². The van der Waals surface area contributed by atoms with Gasteiger partial charge < -0.3 is 10.5 Å². The first-order valence-corrected chi connectivity index (χ1v) is 10.3. The second kappa shape index (κ2) is 11.9. The molecule has 0 amide bonds. The number of rotatable bonds is 9. The van der Waals surface area contributed by atoms with Crippen LogP contribution in [0.2, 0.25) is 0 Å². The topological polar surface area (TPSA) is 48.1 Å². The van der Waals surface area contributed by atoms with E-state index in [0.29, 0.717) is 17.8 Å². The monoisotopic (exact) mass is 454 g/mol. The first kappa shape index (κ1) is 23.4. The Morgan fingerprint density at radius 2 is 1.93 bits per heavy atom. The van der Waals surface area contributed by atoms with E-state index < -0.39 is 0 Å². The van der Waals surface area contributed by atoms with Gasteiger partial charge in [-0.25, -0.2) is 4.98 Å². The third-order valence-corrected chi connectivity index (χ3v) is 5.65. The first-order chi connectivity index (χ1) is 13.1. The number of aromatic nitrogens is 1. The fraction of sp³-hybridized carbons (Fsp3) is 0.500. The number of nitrogen functional groups attached to an aromatic ring is 1. The van der Waals surface area contributed by atoms with Gasteiger partial charge in [-0.3, -0.25) is 0 Å². The van der Waals surface area contributed by atoms with Crippen molar-refractivity contribution >= 4 is 5.82 Å². The molecule has 2 aromatic rings. The van der Waals surface area contributed by atoms with Gasteiger partial charge in [-0.2, -0.15) is 23.6 Å². The van der Waals surface area contributed by atoms with Crippen molar-refractivity contribution in [2.24, 2.45) is 5.92 Å². The van der Waals surface area contributed by atoms with Crippen molar-refractivity contribution < 1.29 is 37.4 Å². The number of hydrogen-bond acceptors (Lipinski definition) is 3. The number of benzene rings is 1. The maximum Gasteiger partial charge on any atom is 0.123 e. The molecule has 1 aliphatic carbocycles. The van der Waals surface area contributed by atoms with E-state index in [9.17, 15) is 0 Å². The Balaban J connectivity index is 0.00000280. The summed E-state index contributed by atoms with van der Waals surface area (Å²) in [5.74, 6) is 2.68. The Morgan fingerprint density at radius 3 is 2.68 bits per heavy atom. The van der Waals surface area contributed by atoms with Crippen molar-refractivity contribution in [1.82, 2.24) is 4.98 Å². The van der Waals surface area contributed by atoms with Gasteiger partial charge in [0.2, 0.25) is 0 Å². The van der Waals surface area contributed by atoms with Crippen LogP contribution >= 0.6 is 0 Å². The van der Waals surface area contributed by atoms with E-state index in [1.807, 2.05) is 6.07 Å². The normalized spacial score (nSPS) is 18.6. The van der Waals surface area contributed by atoms with Crippen molar-refractivity contribution in [3.05, 3.63) is 65.2 Å². The van der Waals surface area contributed by atoms with Crippen molar-refractivity contribution in [3.8, 4) is 0 Å². The molecule has 0 spiro atoms. The average Bonchev–Trinajstić information content (AvgIpc) is 3.08. The van der Waals surface area contributed by atoms with Crippen molar-refractivity contribution in [2.75, 3.05) is 12.3 Å². The molecule has 1 heterocycles. The number of nitrogens with zero attached hydrogens (tertiary/aromatic N) is 1. The molecule has 1 aliphatic rings. The van der Waals surface area contributed by atoms with Gasteiger partial charge in [-0.15, -0.1) is 12.1 Å². The minimum absolute atomic E-state index is 0. The van der Waals surface area contributed by atoms with E-state index in [-0.39, 0.29) is 32.7 Å². The maximum absolute atomic E-state index is 6.27. The Kier molecular flexibility index (Phi) is 9.98. The molecule has 2 N–H and O–H groups in total. The minimum atomic E-state index is 0. The summed E-state index contributed by atoms with van der Waals surface area (Å²) in [4.78, 5) is 4.51. The molecule has 0 bridgehead atoms. The summed E-state index contributed by atoms with van der Waals surface area (Å²) >= 11 is 0. The molecule has 0 saturated heterocycles. The molecule has 1 radical (unpaired) electrons. The van der Waals surface area contributed by atoms with E-state index in [4.69, 9.17) is 10.5 Å². The molecule has 1 fully saturated rings. The van der Waals surface area contributed by atoms with E-state index in [1.54, 1.807) is 0 Å². The van der Waals surface area contributed by atoms with Crippen LogP contribution in [-0.2, 0) is 43.9 Å². The van der Waals surface area contributed by atoms with Crippen LogP contribution in [0.4, 0.5) is 5.82 Å². The summed E-state index contributed by atoms with van der Waals surface area (Å²) in [5, 5.41) is 0. The van der Waals surface area contributed by atoms with Crippen LogP contribution in [0, 0.1) is 18.8 Å². The molecule has 1 aromatic heterocycles. The molecule has 0 unspecified atom stereocenters. The van der Waals surface area contributed by atoms with Gasteiger partial charge in [-0.1, -0.05) is 32.3 Å². The standard InChI is InChI=1S/C24H33N2O.Y/c1-18-15-22(26-24(25)16-18)17-21-12-8-13-23(21)27-14-7-6-9-19(2)20-10-4-3-5-11-20;/h3-5,10-11,15-16,21,23H,6-9,12-14,17H2,1-2H3,(H2,25,26);/q-1;/t21-,23-;/m0./s1. The van der Waals surface area contributed by atoms with Crippen molar-refractivity contribution in [1.29, 1.82) is 0 Å². The quantitative estimate of drug-likeness (QED) is 0.402. The Bertz CT molecular complexity index is 687. The summed E-state index contributed by atoms with van der Waals surface area (Å²) < 4.78 is 6.27. The van der Waals surface area contributed by atoms with Crippen LogP contribution in [-0.4, -0.2) is 17.7 Å². The van der Waals surface area contributed by atoms with Gasteiger partial charge >= 0.3 is 0 Å². The number of ether oxygens (including phenoxy) is 1. The summed E-state index contributed by atoms with van der Waals surface area (Å²) in [5.41, 5.74) is 9.57. The Hall–Kier alpha value is -0.896. The number of hydrogen-bond donors (Lipinski definition) is 1. The van der Waals surface area contributed by atoms with Crippen LogP contribution < -0.4 is 5.73 Å². The fourth-order valence-corrected chi connectivity index (χ4v) is 4.19. The van der Waals surface area contributed by atoms with E-state index >= 15 is 0 Å². The number of anilines is 1. The molecule has 3 nitrogen and oxygen atoms in total. The Morgan fingerprint density at radius 1 is 1.14 bits per heavy atom. The van der Waals surface area contributed by atoms with Gasteiger partial charge in [0.15, 0.2) is 0 Å².